The van der Waals surface area contributed by atoms with Crippen LogP contribution in [0.1, 0.15) is 53.5 Å². The summed E-state index contributed by atoms with van der Waals surface area (Å²) < 4.78 is 102. The number of oxazole rings is 1. The van der Waals surface area contributed by atoms with Gasteiger partial charge in [0, 0.05) is 0 Å². The molecule has 200 valence electrons. The lowest BCUT2D eigenvalue weighted by molar-refractivity contribution is -0.137. The molecule has 3 aromatic rings. The molecule has 1 unspecified atom stereocenters. The first-order valence-electron chi connectivity index (χ1n) is 10.8. The number of aryl methyl sites for hydroxylation is 1. The molecule has 1 amide bonds. The number of carbonyl (C=O) groups excluding carboxylic acids is 1. The second kappa shape index (κ2) is 10.7. The fourth-order valence-corrected chi connectivity index (χ4v) is 3.87. The average molecular weight is 548 g/mol. The van der Waals surface area contributed by atoms with Gasteiger partial charge >= 0.3 is 12.3 Å². The Morgan fingerprint density at radius 3 is 2.38 bits per heavy atom. The number of hydrogen-bond acceptors (Lipinski definition) is 6. The van der Waals surface area contributed by atoms with Crippen molar-refractivity contribution < 1.29 is 44.3 Å². The SMILES string of the molecule is CCCc1cc(C(F)(F)F)ccc1Oc1nc(C(=O)NC(C)c2cc(F)c(NS(C)(=O)=O)c(F)c2)co1. The molecule has 1 heterocycles. The minimum absolute atomic E-state index is 0.00340. The molecule has 8 nitrogen and oxygen atoms in total. The summed E-state index contributed by atoms with van der Waals surface area (Å²) in [5.41, 5.74) is -1.68. The fourth-order valence-electron chi connectivity index (χ4n) is 3.30. The highest BCUT2D eigenvalue weighted by molar-refractivity contribution is 7.92. The van der Waals surface area contributed by atoms with Gasteiger partial charge in [0.25, 0.3) is 5.91 Å². The Kier molecular flexibility index (Phi) is 8.10. The largest absolute Gasteiger partial charge is 0.416 e. The van der Waals surface area contributed by atoms with Crippen molar-refractivity contribution in [3.05, 3.63) is 70.6 Å². The Bertz CT molecular complexity index is 1380. The average Bonchev–Trinajstić information content (AvgIpc) is 3.25. The van der Waals surface area contributed by atoms with Crippen LogP contribution in [0.5, 0.6) is 11.8 Å². The number of nitrogens with one attached hydrogen (secondary N) is 2. The second-order valence-corrected chi connectivity index (χ2v) is 9.85. The number of anilines is 1. The number of aromatic nitrogens is 1. The smallest absolute Gasteiger partial charge is 0.416 e. The Morgan fingerprint density at radius 2 is 1.81 bits per heavy atom. The zero-order valence-corrected chi connectivity index (χ0v) is 20.6. The summed E-state index contributed by atoms with van der Waals surface area (Å²) in [7, 11) is -3.93. The quantitative estimate of drug-likeness (QED) is 0.339. The molecule has 0 spiro atoms. The summed E-state index contributed by atoms with van der Waals surface area (Å²) in [5, 5.41) is 2.45. The molecule has 0 radical (unpaired) electrons. The third-order valence-electron chi connectivity index (χ3n) is 5.02. The van der Waals surface area contributed by atoms with Crippen LogP contribution in [0.4, 0.5) is 27.6 Å². The van der Waals surface area contributed by atoms with Crippen molar-refractivity contribution in [3.63, 3.8) is 0 Å². The highest BCUT2D eigenvalue weighted by Gasteiger charge is 2.31. The Labute approximate surface area is 208 Å². The van der Waals surface area contributed by atoms with Gasteiger partial charge in [-0.15, -0.1) is 0 Å². The minimum Gasteiger partial charge on any atom is -0.416 e. The molecule has 0 saturated heterocycles. The van der Waals surface area contributed by atoms with E-state index in [0.717, 1.165) is 42.9 Å². The van der Waals surface area contributed by atoms with Crippen LogP contribution in [0.25, 0.3) is 0 Å². The molecule has 14 heteroatoms. The lowest BCUT2D eigenvalue weighted by Gasteiger charge is -2.15. The number of halogens is 5. The van der Waals surface area contributed by atoms with Crippen molar-refractivity contribution in [2.45, 2.75) is 38.9 Å². The summed E-state index contributed by atoms with van der Waals surface area (Å²) in [4.78, 5) is 16.4. The van der Waals surface area contributed by atoms with Gasteiger partial charge in [-0.2, -0.15) is 18.2 Å². The molecule has 0 fully saturated rings. The Morgan fingerprint density at radius 1 is 1.16 bits per heavy atom. The van der Waals surface area contributed by atoms with Crippen LogP contribution < -0.4 is 14.8 Å². The zero-order valence-electron chi connectivity index (χ0n) is 19.7. The van der Waals surface area contributed by atoms with Gasteiger partial charge in [0.2, 0.25) is 10.0 Å². The molecule has 2 N–H and O–H groups in total. The number of alkyl halides is 3. The number of nitrogens with zero attached hydrogens (tertiary/aromatic N) is 1. The van der Waals surface area contributed by atoms with E-state index in [2.05, 4.69) is 10.3 Å². The number of hydrogen-bond donors (Lipinski definition) is 2. The molecule has 3 rings (SSSR count). The van der Waals surface area contributed by atoms with Gasteiger partial charge < -0.3 is 14.5 Å². The number of sulfonamides is 1. The summed E-state index contributed by atoms with van der Waals surface area (Å²) in [6.45, 7) is 3.21. The van der Waals surface area contributed by atoms with Crippen molar-refractivity contribution in [2.24, 2.45) is 0 Å². The van der Waals surface area contributed by atoms with Gasteiger partial charge in [-0.1, -0.05) is 13.3 Å². The van der Waals surface area contributed by atoms with E-state index >= 15 is 0 Å². The van der Waals surface area contributed by atoms with Crippen LogP contribution in [0, 0.1) is 11.6 Å². The third kappa shape index (κ3) is 7.18. The van der Waals surface area contributed by atoms with Crippen molar-refractivity contribution in [2.75, 3.05) is 11.0 Å². The summed E-state index contributed by atoms with van der Waals surface area (Å²) in [5.74, 6) is -3.09. The molecule has 1 aromatic heterocycles. The second-order valence-electron chi connectivity index (χ2n) is 8.10. The van der Waals surface area contributed by atoms with Gasteiger partial charge in [-0.05, 0) is 54.8 Å². The Hall–Kier alpha value is -3.68. The lowest BCUT2D eigenvalue weighted by Crippen LogP contribution is -2.27. The monoisotopic (exact) mass is 547 g/mol. The molecule has 0 saturated carbocycles. The topological polar surface area (TPSA) is 111 Å². The maximum atomic E-state index is 14.3. The Balaban J connectivity index is 1.74. The number of amides is 1. The van der Waals surface area contributed by atoms with Crippen LogP contribution in [-0.4, -0.2) is 25.6 Å². The first kappa shape index (κ1) is 27.9. The standard InChI is InChI=1S/C23H22F5N3O5S/c1-4-5-13-8-15(23(26,27)28)6-7-19(13)36-22-30-18(11-35-22)21(32)29-12(2)14-9-16(24)20(17(25)10-14)31-37(3,33)34/h6-12,31H,4-5H2,1-3H3,(H,29,32). The van der Waals surface area contributed by atoms with Crippen molar-refractivity contribution in [1.29, 1.82) is 0 Å². The zero-order chi connectivity index (χ0) is 27.5. The van der Waals surface area contributed by atoms with E-state index < -0.39 is 57.1 Å². The maximum Gasteiger partial charge on any atom is 0.416 e. The summed E-state index contributed by atoms with van der Waals surface area (Å²) in [6, 6.07) is 3.73. The first-order valence-corrected chi connectivity index (χ1v) is 12.7. The normalized spacial score (nSPS) is 12.8. The fraction of sp³-hybridized carbons (Fsp3) is 0.304. The van der Waals surface area contributed by atoms with E-state index in [-0.39, 0.29) is 29.0 Å². The van der Waals surface area contributed by atoms with Gasteiger partial charge in [0.05, 0.1) is 17.9 Å². The van der Waals surface area contributed by atoms with E-state index in [1.54, 1.807) is 11.6 Å². The van der Waals surface area contributed by atoms with Crippen molar-refractivity contribution in [1.82, 2.24) is 10.3 Å². The van der Waals surface area contributed by atoms with Crippen LogP contribution >= 0.6 is 0 Å². The minimum atomic E-state index is -4.53. The van der Waals surface area contributed by atoms with E-state index in [4.69, 9.17) is 9.15 Å². The van der Waals surface area contributed by atoms with E-state index in [1.807, 2.05) is 0 Å². The van der Waals surface area contributed by atoms with Crippen molar-refractivity contribution in [3.8, 4) is 11.8 Å². The molecule has 1 atom stereocenters. The third-order valence-corrected chi connectivity index (χ3v) is 5.59. The number of rotatable bonds is 9. The number of benzene rings is 2. The highest BCUT2D eigenvalue weighted by atomic mass is 32.2. The summed E-state index contributed by atoms with van der Waals surface area (Å²) in [6.07, 6.45) is -2.41. The maximum absolute atomic E-state index is 14.3. The number of carbonyl (C=O) groups is 1. The highest BCUT2D eigenvalue weighted by Crippen LogP contribution is 2.34. The van der Waals surface area contributed by atoms with E-state index in [1.165, 1.54) is 6.92 Å². The van der Waals surface area contributed by atoms with Crippen LogP contribution in [-0.2, 0) is 22.6 Å². The molecule has 37 heavy (non-hydrogen) atoms. The van der Waals surface area contributed by atoms with Gasteiger partial charge in [-0.25, -0.2) is 17.2 Å². The molecule has 0 aliphatic carbocycles. The van der Waals surface area contributed by atoms with Crippen LogP contribution in [0.15, 0.2) is 41.0 Å². The lowest BCUT2D eigenvalue weighted by atomic mass is 10.1. The first-order chi connectivity index (χ1) is 17.2. The predicted octanol–water partition coefficient (Wildman–Crippen LogP) is 5.58. The number of ether oxygens (including phenoxy) is 1. The van der Waals surface area contributed by atoms with Gasteiger partial charge in [0.15, 0.2) is 17.3 Å². The van der Waals surface area contributed by atoms with Crippen LogP contribution in [0.2, 0.25) is 0 Å². The summed E-state index contributed by atoms with van der Waals surface area (Å²) >= 11 is 0. The molecular weight excluding hydrogens is 525 g/mol. The van der Waals surface area contributed by atoms with E-state index in [9.17, 15) is 35.2 Å². The molecule has 2 aromatic carbocycles. The van der Waals surface area contributed by atoms with Crippen molar-refractivity contribution >= 4 is 21.6 Å². The van der Waals surface area contributed by atoms with Gasteiger partial charge in [0.1, 0.15) is 17.7 Å². The van der Waals surface area contributed by atoms with E-state index in [0.29, 0.717) is 6.42 Å². The molecule has 0 bridgehead atoms. The molecule has 0 aliphatic heterocycles. The van der Waals surface area contributed by atoms with Gasteiger partial charge in [-0.3, -0.25) is 9.52 Å². The molecule has 0 aliphatic rings. The molecular formula is C23H22F5N3O5S. The predicted molar refractivity (Wildman–Crippen MR) is 123 cm³/mol. The van der Waals surface area contributed by atoms with Crippen LogP contribution in [0.3, 0.4) is 0 Å².